The van der Waals surface area contributed by atoms with Crippen molar-refractivity contribution in [2.75, 3.05) is 32.6 Å². The monoisotopic (exact) mass is 288 g/mol. The van der Waals surface area contributed by atoms with Crippen molar-refractivity contribution in [1.82, 2.24) is 15.3 Å². The van der Waals surface area contributed by atoms with E-state index in [-0.39, 0.29) is 12.5 Å². The number of anilines is 1. The molecule has 0 aliphatic rings. The lowest BCUT2D eigenvalue weighted by Gasteiger charge is -2.16. The summed E-state index contributed by atoms with van der Waals surface area (Å²) < 4.78 is 5.72. The predicted octanol–water partition coefficient (Wildman–Crippen LogP) is 0.430. The Balaban J connectivity index is 2.83. The van der Waals surface area contributed by atoms with Crippen molar-refractivity contribution in [3.63, 3.8) is 0 Å². The molecular weight excluding hydrogens is 276 g/mol. The molecule has 1 aromatic rings. The van der Waals surface area contributed by atoms with Crippen LogP contribution in [0.2, 0.25) is 0 Å². The summed E-state index contributed by atoms with van der Waals surface area (Å²) in [4.78, 5) is 21.0. The molecule has 0 radical (unpaired) electrons. The van der Waals surface area contributed by atoms with Gasteiger partial charge in [0.25, 0.3) is 0 Å². The van der Waals surface area contributed by atoms with Gasteiger partial charge in [0.15, 0.2) is 0 Å². The minimum absolute atomic E-state index is 0.104. The summed E-state index contributed by atoms with van der Waals surface area (Å²) in [6.45, 7) is 0.196. The zero-order valence-corrected chi connectivity index (χ0v) is 10.9. The van der Waals surface area contributed by atoms with E-state index in [1.54, 1.807) is 25.2 Å². The Morgan fingerprint density at radius 1 is 1.69 bits per heavy atom. The molecule has 0 bridgehead atoms. The maximum atomic E-state index is 11.2. The van der Waals surface area contributed by atoms with Crippen LogP contribution in [0.1, 0.15) is 0 Å². The van der Waals surface area contributed by atoms with Crippen molar-refractivity contribution in [2.24, 2.45) is 0 Å². The molecule has 1 aromatic heterocycles. The molecule has 0 fully saturated rings. The third-order valence-electron chi connectivity index (χ3n) is 1.89. The number of likely N-dealkylation sites (N-methyl/N-ethyl adjacent to an activating group) is 2. The van der Waals surface area contributed by atoms with E-state index >= 15 is 0 Å². The summed E-state index contributed by atoms with van der Waals surface area (Å²) in [5, 5.41) is 2.53. The van der Waals surface area contributed by atoms with Crippen LogP contribution >= 0.6 is 15.9 Å². The standard InChI is InChI=1S/C9H13BrN4O2/c1-11-7(15)5-14(2)9-12-4-6(10)8(13-9)16-3/h4H,5H2,1-3H3,(H,11,15). The lowest BCUT2D eigenvalue weighted by molar-refractivity contribution is -0.119. The van der Waals surface area contributed by atoms with Gasteiger partial charge in [0.05, 0.1) is 24.3 Å². The summed E-state index contributed by atoms with van der Waals surface area (Å²) in [6.07, 6.45) is 1.58. The number of aromatic nitrogens is 2. The van der Waals surface area contributed by atoms with E-state index in [0.29, 0.717) is 16.3 Å². The minimum Gasteiger partial charge on any atom is -0.480 e. The van der Waals surface area contributed by atoms with Gasteiger partial charge >= 0.3 is 0 Å². The predicted molar refractivity (Wildman–Crippen MR) is 63.6 cm³/mol. The number of nitrogens with zero attached hydrogens (tertiary/aromatic N) is 3. The lowest BCUT2D eigenvalue weighted by Crippen LogP contribution is -2.33. The molecule has 1 N–H and O–H groups in total. The molecule has 16 heavy (non-hydrogen) atoms. The van der Waals surface area contributed by atoms with E-state index in [4.69, 9.17) is 4.74 Å². The number of hydrogen-bond acceptors (Lipinski definition) is 5. The molecule has 0 spiro atoms. The SMILES string of the molecule is CNC(=O)CN(C)c1ncc(Br)c(OC)n1. The molecule has 6 nitrogen and oxygen atoms in total. The maximum absolute atomic E-state index is 11.2. The number of ether oxygens (including phenoxy) is 1. The molecule has 1 rings (SSSR count). The summed E-state index contributed by atoms with van der Waals surface area (Å²) in [7, 11) is 4.84. The van der Waals surface area contributed by atoms with Crippen LogP contribution < -0.4 is 15.0 Å². The third-order valence-corrected chi connectivity index (χ3v) is 2.44. The molecule has 0 saturated heterocycles. The molecule has 0 unspecified atom stereocenters. The maximum Gasteiger partial charge on any atom is 0.239 e. The van der Waals surface area contributed by atoms with Crippen LogP contribution in [-0.2, 0) is 4.79 Å². The Morgan fingerprint density at radius 3 is 2.94 bits per heavy atom. The highest BCUT2D eigenvalue weighted by Crippen LogP contribution is 2.22. The van der Waals surface area contributed by atoms with E-state index < -0.39 is 0 Å². The van der Waals surface area contributed by atoms with Crippen LogP contribution in [0.15, 0.2) is 10.7 Å². The van der Waals surface area contributed by atoms with Gasteiger partial charge in [-0.2, -0.15) is 4.98 Å². The van der Waals surface area contributed by atoms with Crippen molar-refractivity contribution in [1.29, 1.82) is 0 Å². The first-order valence-corrected chi connectivity index (χ1v) is 5.36. The van der Waals surface area contributed by atoms with Crippen molar-refractivity contribution >= 4 is 27.8 Å². The van der Waals surface area contributed by atoms with Crippen molar-refractivity contribution < 1.29 is 9.53 Å². The van der Waals surface area contributed by atoms with Crippen LogP contribution in [0.3, 0.4) is 0 Å². The van der Waals surface area contributed by atoms with Crippen molar-refractivity contribution in [3.8, 4) is 5.88 Å². The van der Waals surface area contributed by atoms with Crippen molar-refractivity contribution in [2.45, 2.75) is 0 Å². The number of rotatable bonds is 4. The molecule has 88 valence electrons. The fourth-order valence-corrected chi connectivity index (χ4v) is 1.39. The molecule has 0 aromatic carbocycles. The van der Waals surface area contributed by atoms with Crippen molar-refractivity contribution in [3.05, 3.63) is 10.7 Å². The zero-order valence-electron chi connectivity index (χ0n) is 9.32. The fraction of sp³-hybridized carbons (Fsp3) is 0.444. The summed E-state index contributed by atoms with van der Waals surface area (Å²) >= 11 is 3.26. The molecule has 0 atom stereocenters. The van der Waals surface area contributed by atoms with E-state index in [9.17, 15) is 4.79 Å². The number of halogens is 1. The molecular formula is C9H13BrN4O2. The third kappa shape index (κ3) is 3.06. The average Bonchev–Trinajstić information content (AvgIpc) is 2.29. The Labute approximate surface area is 102 Å². The Kier molecular flexibility index (Phi) is 4.48. The van der Waals surface area contributed by atoms with Gasteiger partial charge in [-0.25, -0.2) is 4.98 Å². The molecule has 1 heterocycles. The van der Waals surface area contributed by atoms with Gasteiger partial charge in [-0.1, -0.05) is 0 Å². The second-order valence-electron chi connectivity index (χ2n) is 3.06. The van der Waals surface area contributed by atoms with Gasteiger partial charge < -0.3 is 15.0 Å². The number of carbonyl (C=O) groups is 1. The summed E-state index contributed by atoms with van der Waals surface area (Å²) in [5.74, 6) is 0.769. The molecule has 0 saturated carbocycles. The molecule has 1 amide bonds. The molecule has 7 heteroatoms. The summed E-state index contributed by atoms with van der Waals surface area (Å²) in [5.41, 5.74) is 0. The quantitative estimate of drug-likeness (QED) is 0.870. The van der Waals surface area contributed by atoms with Crippen LogP contribution in [0.5, 0.6) is 5.88 Å². The number of amides is 1. The first-order valence-electron chi connectivity index (χ1n) is 4.56. The highest BCUT2D eigenvalue weighted by molar-refractivity contribution is 9.10. The smallest absolute Gasteiger partial charge is 0.239 e. The van der Waals surface area contributed by atoms with Gasteiger partial charge in [0, 0.05) is 14.1 Å². The van der Waals surface area contributed by atoms with E-state index in [0.717, 1.165) is 0 Å². The van der Waals surface area contributed by atoms with Crippen LogP contribution in [0.25, 0.3) is 0 Å². The number of carbonyl (C=O) groups excluding carboxylic acids is 1. The number of nitrogens with one attached hydrogen (secondary N) is 1. The van der Waals surface area contributed by atoms with Crippen LogP contribution in [0.4, 0.5) is 5.95 Å². The number of methoxy groups -OCH3 is 1. The van der Waals surface area contributed by atoms with Gasteiger partial charge in [0.1, 0.15) is 0 Å². The number of hydrogen-bond donors (Lipinski definition) is 1. The van der Waals surface area contributed by atoms with E-state index in [2.05, 4.69) is 31.2 Å². The molecule has 0 aliphatic carbocycles. The van der Waals surface area contributed by atoms with Gasteiger partial charge in [-0.05, 0) is 15.9 Å². The normalized spacial score (nSPS) is 9.75. The topological polar surface area (TPSA) is 67.4 Å². The summed E-state index contributed by atoms with van der Waals surface area (Å²) in [6, 6.07) is 0. The largest absolute Gasteiger partial charge is 0.480 e. The second kappa shape index (κ2) is 5.64. The van der Waals surface area contributed by atoms with E-state index in [1.165, 1.54) is 7.11 Å². The lowest BCUT2D eigenvalue weighted by atomic mass is 10.5. The van der Waals surface area contributed by atoms with E-state index in [1.807, 2.05) is 0 Å². The van der Waals surface area contributed by atoms with Crippen LogP contribution in [0, 0.1) is 0 Å². The van der Waals surface area contributed by atoms with Gasteiger partial charge in [0.2, 0.25) is 17.7 Å². The minimum atomic E-state index is -0.104. The average molecular weight is 289 g/mol. The Morgan fingerprint density at radius 2 is 2.38 bits per heavy atom. The van der Waals surface area contributed by atoms with Crippen LogP contribution in [-0.4, -0.2) is 43.6 Å². The first kappa shape index (κ1) is 12.7. The Hall–Kier alpha value is -1.37. The highest BCUT2D eigenvalue weighted by atomic mass is 79.9. The van der Waals surface area contributed by atoms with Gasteiger partial charge in [-0.15, -0.1) is 0 Å². The Bertz CT molecular complexity index is 386. The van der Waals surface area contributed by atoms with Gasteiger partial charge in [-0.3, -0.25) is 4.79 Å². The first-order chi connectivity index (χ1) is 7.58. The molecule has 0 aliphatic heterocycles. The highest BCUT2D eigenvalue weighted by Gasteiger charge is 2.11. The zero-order chi connectivity index (χ0) is 12.1. The fourth-order valence-electron chi connectivity index (χ4n) is 1.03. The second-order valence-corrected chi connectivity index (χ2v) is 3.91.